The van der Waals surface area contributed by atoms with E-state index in [1.165, 1.54) is 18.4 Å². The molecule has 1 fully saturated rings. The van der Waals surface area contributed by atoms with Gasteiger partial charge in [-0.15, -0.1) is 0 Å². The first-order valence-electron chi connectivity index (χ1n) is 10.7. The summed E-state index contributed by atoms with van der Waals surface area (Å²) >= 11 is 0. The van der Waals surface area contributed by atoms with Crippen molar-refractivity contribution < 1.29 is 4.79 Å². The summed E-state index contributed by atoms with van der Waals surface area (Å²) in [7, 11) is 2.19. The fourth-order valence-corrected chi connectivity index (χ4v) is 3.70. The summed E-state index contributed by atoms with van der Waals surface area (Å²) in [5.41, 5.74) is 8.57. The van der Waals surface area contributed by atoms with Crippen LogP contribution in [0.3, 0.4) is 0 Å². The van der Waals surface area contributed by atoms with Crippen molar-refractivity contribution in [2.45, 2.75) is 64.0 Å². The molecule has 1 aromatic heterocycles. The number of amides is 1. The lowest BCUT2D eigenvalue weighted by Crippen LogP contribution is -2.31. The average molecular weight is 396 g/mol. The van der Waals surface area contributed by atoms with Crippen LogP contribution in [0.5, 0.6) is 0 Å². The SMILES string of the molecule is CCCCc1c(NC(CN(C)C2CC2)c2ccccc2)ncnc1C(C)C(N)=O. The lowest BCUT2D eigenvalue weighted by molar-refractivity contribution is -0.119. The minimum atomic E-state index is -0.435. The third-order valence-electron chi connectivity index (χ3n) is 5.75. The molecule has 1 aromatic carbocycles. The predicted octanol–water partition coefficient (Wildman–Crippen LogP) is 3.66. The lowest BCUT2D eigenvalue weighted by atomic mass is 9.97. The van der Waals surface area contributed by atoms with Gasteiger partial charge in [0.25, 0.3) is 0 Å². The molecule has 6 heteroatoms. The normalized spacial score (nSPS) is 15.9. The molecule has 0 saturated heterocycles. The van der Waals surface area contributed by atoms with Crippen LogP contribution in [0.15, 0.2) is 36.7 Å². The fraction of sp³-hybridized carbons (Fsp3) is 0.522. The van der Waals surface area contributed by atoms with Crippen molar-refractivity contribution in [3.05, 3.63) is 53.5 Å². The Hall–Kier alpha value is -2.47. The molecule has 1 aliphatic rings. The number of unbranched alkanes of at least 4 members (excludes halogenated alkanes) is 1. The van der Waals surface area contributed by atoms with E-state index in [-0.39, 0.29) is 11.9 Å². The van der Waals surface area contributed by atoms with Crippen molar-refractivity contribution in [1.29, 1.82) is 0 Å². The van der Waals surface area contributed by atoms with Gasteiger partial charge in [0.05, 0.1) is 17.7 Å². The third kappa shape index (κ3) is 5.54. The number of nitrogens with one attached hydrogen (secondary N) is 1. The van der Waals surface area contributed by atoms with Gasteiger partial charge < -0.3 is 16.0 Å². The minimum Gasteiger partial charge on any atom is -0.369 e. The zero-order valence-electron chi connectivity index (χ0n) is 17.8. The highest BCUT2D eigenvalue weighted by atomic mass is 16.1. The van der Waals surface area contributed by atoms with Crippen LogP contribution >= 0.6 is 0 Å². The highest BCUT2D eigenvalue weighted by molar-refractivity contribution is 5.81. The average Bonchev–Trinajstić information content (AvgIpc) is 3.57. The number of anilines is 1. The second-order valence-corrected chi connectivity index (χ2v) is 8.09. The van der Waals surface area contributed by atoms with Crippen LogP contribution in [0, 0.1) is 0 Å². The Morgan fingerprint density at radius 2 is 2.00 bits per heavy atom. The summed E-state index contributed by atoms with van der Waals surface area (Å²) in [6.45, 7) is 4.87. The van der Waals surface area contributed by atoms with Gasteiger partial charge in [0.2, 0.25) is 5.91 Å². The monoisotopic (exact) mass is 395 g/mol. The number of primary amides is 1. The number of rotatable bonds is 11. The smallest absolute Gasteiger partial charge is 0.226 e. The Morgan fingerprint density at radius 3 is 2.62 bits per heavy atom. The maximum Gasteiger partial charge on any atom is 0.226 e. The Kier molecular flexibility index (Phi) is 7.20. The van der Waals surface area contributed by atoms with E-state index in [1.807, 2.05) is 13.0 Å². The molecular weight excluding hydrogens is 362 g/mol. The molecule has 2 atom stereocenters. The van der Waals surface area contributed by atoms with Crippen LogP contribution in [0.2, 0.25) is 0 Å². The van der Waals surface area contributed by atoms with Crippen LogP contribution < -0.4 is 11.1 Å². The third-order valence-corrected chi connectivity index (χ3v) is 5.75. The van der Waals surface area contributed by atoms with E-state index in [9.17, 15) is 4.79 Å². The van der Waals surface area contributed by atoms with Crippen LogP contribution in [0.4, 0.5) is 5.82 Å². The van der Waals surface area contributed by atoms with E-state index in [1.54, 1.807) is 6.33 Å². The van der Waals surface area contributed by atoms with Crippen molar-refractivity contribution in [3.63, 3.8) is 0 Å². The van der Waals surface area contributed by atoms with Gasteiger partial charge in [-0.1, -0.05) is 43.7 Å². The summed E-state index contributed by atoms with van der Waals surface area (Å²) in [6, 6.07) is 11.3. The van der Waals surface area contributed by atoms with Crippen molar-refractivity contribution in [2.24, 2.45) is 5.73 Å². The molecule has 0 bridgehead atoms. The number of hydrogen-bond donors (Lipinski definition) is 2. The topological polar surface area (TPSA) is 84.1 Å². The molecule has 1 amide bonds. The molecule has 0 aliphatic heterocycles. The highest BCUT2D eigenvalue weighted by Crippen LogP contribution is 2.31. The number of carbonyl (C=O) groups is 1. The number of nitrogens with zero attached hydrogens (tertiary/aromatic N) is 3. The summed E-state index contributed by atoms with van der Waals surface area (Å²) in [6.07, 6.45) is 6.98. The number of likely N-dealkylation sites (N-methyl/N-ethyl adjacent to an activating group) is 1. The Morgan fingerprint density at radius 1 is 1.28 bits per heavy atom. The molecule has 1 saturated carbocycles. The molecule has 2 unspecified atom stereocenters. The van der Waals surface area contributed by atoms with E-state index in [4.69, 9.17) is 5.73 Å². The predicted molar refractivity (Wildman–Crippen MR) is 117 cm³/mol. The Balaban J connectivity index is 1.93. The summed E-state index contributed by atoms with van der Waals surface area (Å²) in [5.74, 6) is 0.0183. The molecular formula is C23H33N5O. The highest BCUT2D eigenvalue weighted by Gasteiger charge is 2.29. The molecule has 6 nitrogen and oxygen atoms in total. The van der Waals surface area contributed by atoms with E-state index in [0.29, 0.717) is 6.04 Å². The molecule has 0 spiro atoms. The van der Waals surface area contributed by atoms with Crippen LogP contribution in [0.1, 0.15) is 68.3 Å². The molecule has 29 heavy (non-hydrogen) atoms. The Bertz CT molecular complexity index is 806. The first-order valence-corrected chi connectivity index (χ1v) is 10.7. The van der Waals surface area contributed by atoms with Gasteiger partial charge in [-0.25, -0.2) is 9.97 Å². The molecule has 3 rings (SSSR count). The molecule has 156 valence electrons. The van der Waals surface area contributed by atoms with Crippen LogP contribution in [0.25, 0.3) is 0 Å². The van der Waals surface area contributed by atoms with Crippen molar-refractivity contribution in [2.75, 3.05) is 18.9 Å². The lowest BCUT2D eigenvalue weighted by Gasteiger charge is -2.27. The van der Waals surface area contributed by atoms with Gasteiger partial charge in [0, 0.05) is 18.2 Å². The number of nitrogens with two attached hydrogens (primary N) is 1. The number of benzene rings is 1. The van der Waals surface area contributed by atoms with Crippen molar-refractivity contribution in [1.82, 2.24) is 14.9 Å². The molecule has 1 heterocycles. The number of carbonyl (C=O) groups excluding carboxylic acids is 1. The van der Waals surface area contributed by atoms with E-state index in [0.717, 1.165) is 42.9 Å². The van der Waals surface area contributed by atoms with E-state index < -0.39 is 5.92 Å². The molecule has 3 N–H and O–H groups in total. The van der Waals surface area contributed by atoms with Gasteiger partial charge in [0.15, 0.2) is 0 Å². The maximum absolute atomic E-state index is 11.8. The zero-order valence-corrected chi connectivity index (χ0v) is 17.8. The van der Waals surface area contributed by atoms with Crippen LogP contribution in [-0.4, -0.2) is 40.4 Å². The number of hydrogen-bond acceptors (Lipinski definition) is 5. The van der Waals surface area contributed by atoms with Gasteiger partial charge in [-0.05, 0) is 45.2 Å². The minimum absolute atomic E-state index is 0.105. The maximum atomic E-state index is 11.8. The molecule has 0 radical (unpaired) electrons. The standard InChI is InChI=1S/C23H33N5O/c1-4-5-11-19-21(16(2)22(24)29)25-15-26-23(19)27-20(14-28(3)18-12-13-18)17-9-7-6-8-10-17/h6-10,15-16,18,20H,4-5,11-14H2,1-3H3,(H2,24,29)(H,25,26,27). The molecule has 1 aliphatic carbocycles. The van der Waals surface area contributed by atoms with Crippen molar-refractivity contribution >= 4 is 11.7 Å². The zero-order chi connectivity index (χ0) is 20.8. The largest absolute Gasteiger partial charge is 0.369 e. The fourth-order valence-electron chi connectivity index (χ4n) is 3.70. The van der Waals surface area contributed by atoms with E-state index in [2.05, 4.69) is 58.4 Å². The number of aromatic nitrogens is 2. The first kappa shape index (κ1) is 21.2. The quantitative estimate of drug-likeness (QED) is 0.607. The van der Waals surface area contributed by atoms with Crippen LogP contribution in [-0.2, 0) is 11.2 Å². The molecule has 2 aromatic rings. The summed E-state index contributed by atoms with van der Waals surface area (Å²) in [5, 5.41) is 3.68. The Labute approximate surface area is 173 Å². The second kappa shape index (κ2) is 9.83. The van der Waals surface area contributed by atoms with Gasteiger partial charge >= 0.3 is 0 Å². The first-order chi connectivity index (χ1) is 14.0. The van der Waals surface area contributed by atoms with Gasteiger partial charge in [0.1, 0.15) is 12.1 Å². The van der Waals surface area contributed by atoms with Crippen molar-refractivity contribution in [3.8, 4) is 0 Å². The summed E-state index contributed by atoms with van der Waals surface area (Å²) in [4.78, 5) is 23.3. The van der Waals surface area contributed by atoms with Gasteiger partial charge in [-0.2, -0.15) is 0 Å². The summed E-state index contributed by atoms with van der Waals surface area (Å²) < 4.78 is 0. The van der Waals surface area contributed by atoms with E-state index >= 15 is 0 Å². The second-order valence-electron chi connectivity index (χ2n) is 8.09. The van der Waals surface area contributed by atoms with Gasteiger partial charge in [-0.3, -0.25) is 4.79 Å².